The van der Waals surface area contributed by atoms with E-state index in [1.807, 2.05) is 24.3 Å². The Morgan fingerprint density at radius 2 is 1.63 bits per heavy atom. The number of halogens is 2. The molecule has 3 rings (SSSR count). The highest BCUT2D eigenvalue weighted by Gasteiger charge is 2.27. The van der Waals surface area contributed by atoms with Gasteiger partial charge in [-0.15, -0.1) is 0 Å². The Labute approximate surface area is 216 Å². The van der Waals surface area contributed by atoms with Crippen molar-refractivity contribution in [3.63, 3.8) is 0 Å². The lowest BCUT2D eigenvalue weighted by atomic mass is 9.87. The predicted molar refractivity (Wildman–Crippen MR) is 141 cm³/mol. The molecule has 6 nitrogen and oxygen atoms in total. The molecule has 0 unspecified atom stereocenters. The zero-order chi connectivity index (χ0) is 25.6. The van der Waals surface area contributed by atoms with Crippen molar-refractivity contribution >= 4 is 45.3 Å². The fourth-order valence-electron chi connectivity index (χ4n) is 3.25. The smallest absolute Gasteiger partial charge is 0.255 e. The lowest BCUT2D eigenvalue weighted by molar-refractivity contribution is -0.121. The van der Waals surface area contributed by atoms with Crippen molar-refractivity contribution < 1.29 is 13.2 Å². The second-order valence-corrected chi connectivity index (χ2v) is 11.8. The van der Waals surface area contributed by atoms with Gasteiger partial charge in [0.25, 0.3) is 5.91 Å². The molecule has 35 heavy (non-hydrogen) atoms. The summed E-state index contributed by atoms with van der Waals surface area (Å²) in [6.45, 7) is 5.88. The number of sulfonamides is 1. The molecule has 0 radical (unpaired) electrons. The summed E-state index contributed by atoms with van der Waals surface area (Å²) in [6, 6.07) is 20.6. The van der Waals surface area contributed by atoms with Gasteiger partial charge in [0.05, 0.1) is 27.7 Å². The Morgan fingerprint density at radius 1 is 0.971 bits per heavy atom. The first-order valence-electron chi connectivity index (χ1n) is 10.9. The number of benzene rings is 3. The van der Waals surface area contributed by atoms with Crippen LogP contribution in [0, 0.1) is 0 Å². The second-order valence-electron chi connectivity index (χ2n) is 9.00. The van der Waals surface area contributed by atoms with Gasteiger partial charge < -0.3 is 0 Å². The molecule has 0 saturated heterocycles. The van der Waals surface area contributed by atoms with Crippen LogP contribution in [0.15, 0.2) is 82.8 Å². The highest BCUT2D eigenvalue weighted by Crippen LogP contribution is 2.25. The van der Waals surface area contributed by atoms with Gasteiger partial charge in [0.1, 0.15) is 0 Å². The predicted octanol–water partition coefficient (Wildman–Crippen LogP) is 5.63. The first-order valence-corrected chi connectivity index (χ1v) is 13.1. The molecule has 0 fully saturated rings. The summed E-state index contributed by atoms with van der Waals surface area (Å²) < 4.78 is 27.6. The van der Waals surface area contributed by atoms with Gasteiger partial charge >= 0.3 is 0 Å². The maximum absolute atomic E-state index is 13.3. The van der Waals surface area contributed by atoms with Crippen LogP contribution in [0.25, 0.3) is 0 Å². The molecule has 0 aliphatic heterocycles. The Balaban J connectivity index is 1.75. The van der Waals surface area contributed by atoms with Crippen LogP contribution < -0.4 is 5.43 Å². The molecule has 0 spiro atoms. The van der Waals surface area contributed by atoms with Gasteiger partial charge in [-0.05, 0) is 46.4 Å². The first kappa shape index (κ1) is 26.9. The van der Waals surface area contributed by atoms with E-state index in [-0.39, 0.29) is 16.9 Å². The van der Waals surface area contributed by atoms with Crippen LogP contribution in [0.3, 0.4) is 0 Å². The number of hydrogen-bond donors (Lipinski definition) is 1. The number of hydrogen-bond acceptors (Lipinski definition) is 4. The molecule has 0 aliphatic carbocycles. The molecule has 0 heterocycles. The lowest BCUT2D eigenvalue weighted by Gasteiger charge is -2.21. The van der Waals surface area contributed by atoms with Gasteiger partial charge in [0, 0.05) is 6.54 Å². The van der Waals surface area contributed by atoms with Crippen molar-refractivity contribution in [2.45, 2.75) is 37.6 Å². The molecule has 0 saturated carbocycles. The van der Waals surface area contributed by atoms with Crippen molar-refractivity contribution in [3.8, 4) is 0 Å². The molecular formula is C26H27Cl2N3O3S. The van der Waals surface area contributed by atoms with E-state index in [4.69, 9.17) is 23.2 Å². The quantitative estimate of drug-likeness (QED) is 0.302. The number of carbonyl (C=O) groups excluding carboxylic acids is 1. The molecule has 3 aromatic rings. The Kier molecular flexibility index (Phi) is 8.72. The normalized spacial score (nSPS) is 12.3. The van der Waals surface area contributed by atoms with Crippen LogP contribution in [0.5, 0.6) is 0 Å². The van der Waals surface area contributed by atoms with E-state index >= 15 is 0 Å². The summed E-state index contributed by atoms with van der Waals surface area (Å²) >= 11 is 12.1. The van der Waals surface area contributed by atoms with Crippen LogP contribution in [-0.4, -0.2) is 31.4 Å². The Morgan fingerprint density at radius 3 is 2.23 bits per heavy atom. The number of hydrazone groups is 1. The fraction of sp³-hybridized carbons (Fsp3) is 0.231. The monoisotopic (exact) mass is 531 g/mol. The van der Waals surface area contributed by atoms with Crippen LogP contribution >= 0.6 is 23.2 Å². The molecule has 3 aromatic carbocycles. The van der Waals surface area contributed by atoms with E-state index in [1.165, 1.54) is 23.9 Å². The summed E-state index contributed by atoms with van der Waals surface area (Å²) in [5.41, 5.74) is 5.03. The summed E-state index contributed by atoms with van der Waals surface area (Å²) in [6.07, 6.45) is 1.51. The summed E-state index contributed by atoms with van der Waals surface area (Å²) in [4.78, 5) is 12.7. The summed E-state index contributed by atoms with van der Waals surface area (Å²) in [5.74, 6) is -0.577. The van der Waals surface area contributed by atoms with E-state index in [1.54, 1.807) is 36.4 Å². The van der Waals surface area contributed by atoms with Gasteiger partial charge in [0.2, 0.25) is 10.0 Å². The topological polar surface area (TPSA) is 78.8 Å². The van der Waals surface area contributed by atoms with Gasteiger partial charge in [-0.25, -0.2) is 13.8 Å². The summed E-state index contributed by atoms with van der Waals surface area (Å²) in [5, 5.41) is 4.65. The average Bonchev–Trinajstić information content (AvgIpc) is 2.81. The molecule has 0 bridgehead atoms. The zero-order valence-electron chi connectivity index (χ0n) is 19.7. The number of carbonyl (C=O) groups is 1. The standard InChI is InChI=1S/C26H27Cl2N3O3S/c1-26(2,3)21-12-9-19(10-13-21)16-29-30-25(32)18-31(17-20-11-14-23(27)24(28)15-20)35(33,34)22-7-5-4-6-8-22/h4-16H,17-18H2,1-3H3,(H,30,32)/b29-16-. The Hall–Kier alpha value is -2.71. The molecule has 0 aromatic heterocycles. The zero-order valence-corrected chi connectivity index (χ0v) is 22.0. The molecule has 0 atom stereocenters. The van der Waals surface area contributed by atoms with Gasteiger partial charge in [-0.2, -0.15) is 9.41 Å². The van der Waals surface area contributed by atoms with E-state index in [2.05, 4.69) is 31.3 Å². The number of amides is 1. The van der Waals surface area contributed by atoms with Gasteiger partial charge in [-0.1, -0.05) is 92.5 Å². The number of nitrogens with zero attached hydrogens (tertiary/aromatic N) is 2. The Bertz CT molecular complexity index is 1300. The molecule has 1 amide bonds. The van der Waals surface area contributed by atoms with Crippen molar-refractivity contribution in [2.75, 3.05) is 6.54 Å². The SMILES string of the molecule is CC(C)(C)c1ccc(/C=N\NC(=O)CN(Cc2ccc(Cl)c(Cl)c2)S(=O)(=O)c2ccccc2)cc1. The van der Waals surface area contributed by atoms with E-state index in [9.17, 15) is 13.2 Å². The van der Waals surface area contributed by atoms with E-state index in [0.29, 0.717) is 15.6 Å². The van der Waals surface area contributed by atoms with E-state index < -0.39 is 22.5 Å². The fourth-order valence-corrected chi connectivity index (χ4v) is 4.98. The van der Waals surface area contributed by atoms with Crippen molar-refractivity contribution in [1.29, 1.82) is 0 Å². The highest BCUT2D eigenvalue weighted by atomic mass is 35.5. The maximum atomic E-state index is 13.3. The van der Waals surface area contributed by atoms with Crippen molar-refractivity contribution in [2.24, 2.45) is 5.10 Å². The molecule has 9 heteroatoms. The molecule has 0 aliphatic rings. The van der Waals surface area contributed by atoms with E-state index in [0.717, 1.165) is 9.87 Å². The largest absolute Gasteiger partial charge is 0.272 e. The molecule has 184 valence electrons. The maximum Gasteiger partial charge on any atom is 0.255 e. The summed E-state index contributed by atoms with van der Waals surface area (Å²) in [7, 11) is -3.97. The van der Waals surface area contributed by atoms with Crippen molar-refractivity contribution in [1.82, 2.24) is 9.73 Å². The van der Waals surface area contributed by atoms with Crippen LogP contribution in [-0.2, 0) is 26.8 Å². The minimum atomic E-state index is -3.97. The lowest BCUT2D eigenvalue weighted by Crippen LogP contribution is -2.39. The molecular weight excluding hydrogens is 505 g/mol. The van der Waals surface area contributed by atoms with Crippen LogP contribution in [0.4, 0.5) is 0 Å². The third kappa shape index (κ3) is 7.39. The van der Waals surface area contributed by atoms with Gasteiger partial charge in [-0.3, -0.25) is 4.79 Å². The first-order chi connectivity index (χ1) is 16.5. The minimum absolute atomic E-state index is 0.0336. The number of rotatable bonds is 8. The number of nitrogens with one attached hydrogen (secondary N) is 1. The van der Waals surface area contributed by atoms with Crippen LogP contribution in [0.1, 0.15) is 37.5 Å². The van der Waals surface area contributed by atoms with Crippen molar-refractivity contribution in [3.05, 3.63) is 99.5 Å². The van der Waals surface area contributed by atoms with Gasteiger partial charge in [0.15, 0.2) is 0 Å². The second kappa shape index (κ2) is 11.4. The highest BCUT2D eigenvalue weighted by molar-refractivity contribution is 7.89. The third-order valence-corrected chi connectivity index (χ3v) is 7.77. The molecule has 1 N–H and O–H groups in total. The minimum Gasteiger partial charge on any atom is -0.272 e. The third-order valence-electron chi connectivity index (χ3n) is 5.22. The average molecular weight is 532 g/mol. The van der Waals surface area contributed by atoms with Crippen LogP contribution in [0.2, 0.25) is 10.0 Å².